The van der Waals surface area contributed by atoms with Crippen LogP contribution in [0.15, 0.2) is 69.6 Å². The lowest BCUT2D eigenvalue weighted by Gasteiger charge is -2.24. The minimum atomic E-state index is -0.622. The molecule has 2 heterocycles. The molecule has 0 aliphatic carbocycles. The quantitative estimate of drug-likeness (QED) is 0.434. The largest absolute Gasteiger partial charge is 0.490 e. The van der Waals surface area contributed by atoms with E-state index in [1.54, 1.807) is 11.5 Å². The minimum Gasteiger partial charge on any atom is -0.490 e. The standard InChI is InChI=1S/C28H30N2O5S/c1-6-34-22-14-19(12-13-21(22)35-16-17(2)3)15-23-26(31)30-25(20-10-8-7-9-11-20)24(27(32)33-5)18(4)29-28(30)36-23/h7-15,17,25H,6,16H2,1-5H3. The van der Waals surface area contributed by atoms with Crippen molar-refractivity contribution in [2.45, 2.75) is 33.7 Å². The second-order valence-electron chi connectivity index (χ2n) is 8.83. The van der Waals surface area contributed by atoms with Crippen molar-refractivity contribution in [1.29, 1.82) is 0 Å². The van der Waals surface area contributed by atoms with Crippen LogP contribution in [0.2, 0.25) is 0 Å². The van der Waals surface area contributed by atoms with Crippen LogP contribution in [0.5, 0.6) is 11.5 Å². The Morgan fingerprint density at radius 3 is 2.56 bits per heavy atom. The Morgan fingerprint density at radius 2 is 1.89 bits per heavy atom. The third kappa shape index (κ3) is 5.14. The second-order valence-corrected chi connectivity index (χ2v) is 9.84. The zero-order valence-electron chi connectivity index (χ0n) is 21.1. The van der Waals surface area contributed by atoms with E-state index in [9.17, 15) is 9.59 Å². The first kappa shape index (κ1) is 25.4. The van der Waals surface area contributed by atoms with Gasteiger partial charge < -0.3 is 14.2 Å². The van der Waals surface area contributed by atoms with E-state index in [1.807, 2.05) is 61.5 Å². The smallest absolute Gasteiger partial charge is 0.338 e. The number of ether oxygens (including phenoxy) is 3. The Morgan fingerprint density at radius 1 is 1.14 bits per heavy atom. The lowest BCUT2D eigenvalue weighted by atomic mass is 9.96. The van der Waals surface area contributed by atoms with Crippen LogP contribution in [-0.4, -0.2) is 30.9 Å². The fourth-order valence-corrected chi connectivity index (χ4v) is 5.10. The highest BCUT2D eigenvalue weighted by atomic mass is 32.1. The monoisotopic (exact) mass is 506 g/mol. The number of benzene rings is 2. The van der Waals surface area contributed by atoms with Crippen molar-refractivity contribution >= 4 is 23.4 Å². The van der Waals surface area contributed by atoms with Gasteiger partial charge in [-0.3, -0.25) is 9.36 Å². The number of methoxy groups -OCH3 is 1. The summed E-state index contributed by atoms with van der Waals surface area (Å²) in [5.41, 5.74) is 2.28. The summed E-state index contributed by atoms with van der Waals surface area (Å²) in [6, 6.07) is 14.5. The summed E-state index contributed by atoms with van der Waals surface area (Å²) < 4.78 is 18.8. The van der Waals surface area contributed by atoms with Crippen LogP contribution >= 0.6 is 11.3 Å². The summed E-state index contributed by atoms with van der Waals surface area (Å²) in [6.45, 7) is 8.94. The van der Waals surface area contributed by atoms with E-state index in [2.05, 4.69) is 18.8 Å². The summed E-state index contributed by atoms with van der Waals surface area (Å²) in [5, 5.41) is 0. The van der Waals surface area contributed by atoms with Crippen molar-refractivity contribution in [3.8, 4) is 11.5 Å². The lowest BCUT2D eigenvalue weighted by Crippen LogP contribution is -2.39. The number of carbonyl (C=O) groups excluding carboxylic acids is 1. The van der Waals surface area contributed by atoms with Gasteiger partial charge in [-0.05, 0) is 49.1 Å². The van der Waals surface area contributed by atoms with Crippen molar-refractivity contribution in [3.63, 3.8) is 0 Å². The molecule has 0 amide bonds. The van der Waals surface area contributed by atoms with Gasteiger partial charge in [0.05, 0.1) is 42.2 Å². The number of thiazole rings is 1. The summed E-state index contributed by atoms with van der Waals surface area (Å²) in [6.07, 6.45) is 1.82. The summed E-state index contributed by atoms with van der Waals surface area (Å²) in [7, 11) is 1.33. The SMILES string of the molecule is CCOc1cc(C=c2sc3n(c2=O)C(c2ccccc2)C(C(=O)OC)=C(C)N=3)ccc1OCC(C)C. The predicted octanol–water partition coefficient (Wildman–Crippen LogP) is 3.84. The van der Waals surface area contributed by atoms with E-state index in [0.717, 1.165) is 11.1 Å². The number of allylic oxidation sites excluding steroid dienone is 1. The number of aromatic nitrogens is 1. The highest BCUT2D eigenvalue weighted by Gasteiger charge is 2.32. The van der Waals surface area contributed by atoms with E-state index in [4.69, 9.17) is 14.2 Å². The van der Waals surface area contributed by atoms with Crippen LogP contribution in [0.4, 0.5) is 0 Å². The average molecular weight is 507 g/mol. The van der Waals surface area contributed by atoms with Crippen LogP contribution in [0.25, 0.3) is 6.08 Å². The van der Waals surface area contributed by atoms with E-state index >= 15 is 0 Å². The third-order valence-corrected chi connectivity index (χ3v) is 6.66. The van der Waals surface area contributed by atoms with Crippen LogP contribution in [0, 0.1) is 5.92 Å². The number of hydrogen-bond acceptors (Lipinski definition) is 7. The molecule has 1 aromatic heterocycles. The predicted molar refractivity (Wildman–Crippen MR) is 140 cm³/mol. The molecule has 1 aliphatic rings. The van der Waals surface area contributed by atoms with Gasteiger partial charge in [-0.2, -0.15) is 0 Å². The first-order valence-electron chi connectivity index (χ1n) is 11.9. The first-order chi connectivity index (χ1) is 17.3. The van der Waals surface area contributed by atoms with E-state index in [1.165, 1.54) is 18.4 Å². The van der Waals surface area contributed by atoms with Gasteiger partial charge >= 0.3 is 5.97 Å². The van der Waals surface area contributed by atoms with Gasteiger partial charge in [0.15, 0.2) is 16.3 Å². The lowest BCUT2D eigenvalue weighted by molar-refractivity contribution is -0.136. The van der Waals surface area contributed by atoms with Gasteiger partial charge in [-0.15, -0.1) is 0 Å². The van der Waals surface area contributed by atoms with E-state index < -0.39 is 12.0 Å². The Balaban J connectivity index is 1.84. The fraction of sp³-hybridized carbons (Fsp3) is 0.321. The Labute approximate surface area is 214 Å². The molecule has 0 spiro atoms. The van der Waals surface area contributed by atoms with Gasteiger partial charge in [0.25, 0.3) is 5.56 Å². The molecule has 36 heavy (non-hydrogen) atoms. The summed E-state index contributed by atoms with van der Waals surface area (Å²) in [5.74, 6) is 1.19. The fourth-order valence-electron chi connectivity index (χ4n) is 4.05. The number of fused-ring (bicyclic) bond motifs is 1. The first-order valence-corrected chi connectivity index (χ1v) is 12.7. The van der Waals surface area contributed by atoms with E-state index in [0.29, 0.717) is 51.2 Å². The number of rotatable bonds is 8. The molecule has 4 rings (SSSR count). The molecule has 0 bridgehead atoms. The van der Waals surface area contributed by atoms with Crippen molar-refractivity contribution in [2.24, 2.45) is 10.9 Å². The molecular formula is C28H30N2O5S. The van der Waals surface area contributed by atoms with Gasteiger partial charge in [0, 0.05) is 0 Å². The molecule has 1 atom stereocenters. The molecule has 0 radical (unpaired) electrons. The molecule has 0 saturated heterocycles. The maximum absolute atomic E-state index is 13.7. The normalized spacial score (nSPS) is 15.5. The zero-order valence-corrected chi connectivity index (χ0v) is 21.9. The van der Waals surface area contributed by atoms with Crippen molar-refractivity contribution in [2.75, 3.05) is 20.3 Å². The molecule has 1 aliphatic heterocycles. The van der Waals surface area contributed by atoms with Crippen molar-refractivity contribution < 1.29 is 19.0 Å². The van der Waals surface area contributed by atoms with Gasteiger partial charge in [0.2, 0.25) is 0 Å². The van der Waals surface area contributed by atoms with Gasteiger partial charge in [0.1, 0.15) is 0 Å². The highest BCUT2D eigenvalue weighted by Crippen LogP contribution is 2.31. The molecule has 0 fully saturated rings. The maximum Gasteiger partial charge on any atom is 0.338 e. The Kier molecular flexibility index (Phi) is 7.74. The van der Waals surface area contributed by atoms with Gasteiger partial charge in [-0.1, -0.05) is 61.6 Å². The topological polar surface area (TPSA) is 79.1 Å². The maximum atomic E-state index is 13.7. The number of esters is 1. The van der Waals surface area contributed by atoms with E-state index in [-0.39, 0.29) is 5.56 Å². The summed E-state index contributed by atoms with van der Waals surface area (Å²) >= 11 is 1.29. The van der Waals surface area contributed by atoms with Gasteiger partial charge in [-0.25, -0.2) is 9.79 Å². The molecule has 0 N–H and O–H groups in total. The highest BCUT2D eigenvalue weighted by molar-refractivity contribution is 7.07. The Hall–Kier alpha value is -3.65. The van der Waals surface area contributed by atoms with Crippen LogP contribution in [0.3, 0.4) is 0 Å². The molecule has 0 saturated carbocycles. The van der Waals surface area contributed by atoms with Crippen LogP contribution in [0.1, 0.15) is 44.9 Å². The molecule has 3 aromatic rings. The molecule has 7 nitrogen and oxygen atoms in total. The second kappa shape index (κ2) is 11.0. The molecule has 8 heteroatoms. The van der Waals surface area contributed by atoms with Crippen molar-refractivity contribution in [3.05, 3.63) is 90.6 Å². The van der Waals surface area contributed by atoms with Crippen molar-refractivity contribution in [1.82, 2.24) is 4.57 Å². The minimum absolute atomic E-state index is 0.223. The average Bonchev–Trinajstić information content (AvgIpc) is 3.17. The number of hydrogen-bond donors (Lipinski definition) is 0. The summed E-state index contributed by atoms with van der Waals surface area (Å²) in [4.78, 5) is 31.5. The Bertz CT molecular complexity index is 1470. The van der Waals surface area contributed by atoms with Crippen LogP contribution in [-0.2, 0) is 9.53 Å². The molecule has 1 unspecified atom stereocenters. The number of nitrogens with zero attached hydrogens (tertiary/aromatic N) is 2. The molecular weight excluding hydrogens is 476 g/mol. The van der Waals surface area contributed by atoms with Crippen LogP contribution < -0.4 is 24.4 Å². The number of carbonyl (C=O) groups is 1. The zero-order chi connectivity index (χ0) is 25.8. The molecule has 188 valence electrons. The third-order valence-electron chi connectivity index (χ3n) is 5.68. The molecule has 2 aromatic carbocycles.